The Morgan fingerprint density at radius 3 is 2.36 bits per heavy atom. The van der Waals surface area contributed by atoms with E-state index in [1.807, 2.05) is 6.92 Å². The van der Waals surface area contributed by atoms with Crippen molar-refractivity contribution >= 4 is 39.0 Å². The standard InChI is InChI=1S/C24H23ClF3NO6S/c1-11-5-13-9-24(32,23(31)35-2)10-15(11)21(13)36(33,34)19-6-12(3-4-16(19)25)22(30)29-14-7-17(26)20(28)18(27)8-14/h3-4,6-8,11,13,15,21,32H,5,9-10H2,1-2H3,(H,29,30)/t11-,13+,15?,21?,24?/m1/s1. The normalized spacial score (nSPS) is 27.5. The summed E-state index contributed by atoms with van der Waals surface area (Å²) in [6.07, 6.45) is 0.276. The Morgan fingerprint density at radius 2 is 1.78 bits per heavy atom. The molecule has 0 aromatic heterocycles. The van der Waals surface area contributed by atoms with Gasteiger partial charge in [0.1, 0.15) is 0 Å². The van der Waals surface area contributed by atoms with Gasteiger partial charge in [0.15, 0.2) is 32.9 Å². The van der Waals surface area contributed by atoms with Crippen LogP contribution in [0.4, 0.5) is 18.9 Å². The molecule has 194 valence electrons. The summed E-state index contributed by atoms with van der Waals surface area (Å²) in [7, 11) is -2.98. The molecule has 2 bridgehead atoms. The number of rotatable bonds is 5. The van der Waals surface area contributed by atoms with E-state index in [0.29, 0.717) is 18.6 Å². The fraction of sp³-hybridized carbons (Fsp3) is 0.417. The van der Waals surface area contributed by atoms with E-state index < -0.39 is 61.9 Å². The summed E-state index contributed by atoms with van der Waals surface area (Å²) in [5.74, 6) is -7.62. The van der Waals surface area contributed by atoms with Crippen LogP contribution in [0.15, 0.2) is 35.2 Å². The van der Waals surface area contributed by atoms with Crippen LogP contribution in [0, 0.1) is 35.2 Å². The van der Waals surface area contributed by atoms with Gasteiger partial charge in [-0.3, -0.25) is 4.79 Å². The average Bonchev–Trinajstić information content (AvgIpc) is 3.03. The number of hydrogen-bond acceptors (Lipinski definition) is 6. The minimum absolute atomic E-state index is 0.0934. The smallest absolute Gasteiger partial charge is 0.337 e. The molecule has 3 unspecified atom stereocenters. The van der Waals surface area contributed by atoms with Crippen LogP contribution < -0.4 is 5.32 Å². The molecule has 0 radical (unpaired) electrons. The molecule has 2 aliphatic rings. The van der Waals surface area contributed by atoms with Crippen molar-refractivity contribution in [3.05, 3.63) is 58.4 Å². The first-order chi connectivity index (χ1) is 16.8. The highest BCUT2D eigenvalue weighted by Gasteiger charge is 2.59. The number of nitrogens with one attached hydrogen (secondary N) is 1. The van der Waals surface area contributed by atoms with Gasteiger partial charge in [0.05, 0.1) is 22.3 Å². The van der Waals surface area contributed by atoms with Gasteiger partial charge >= 0.3 is 5.97 Å². The van der Waals surface area contributed by atoms with Gasteiger partial charge in [-0.15, -0.1) is 0 Å². The monoisotopic (exact) mass is 545 g/mol. The van der Waals surface area contributed by atoms with E-state index in [2.05, 4.69) is 5.32 Å². The third kappa shape index (κ3) is 4.48. The van der Waals surface area contributed by atoms with E-state index in [-0.39, 0.29) is 39.9 Å². The van der Waals surface area contributed by atoms with Gasteiger partial charge in [0.25, 0.3) is 5.91 Å². The summed E-state index contributed by atoms with van der Waals surface area (Å²) < 4.78 is 72.5. The molecule has 0 aliphatic heterocycles. The Labute approximate surface area is 210 Å². The van der Waals surface area contributed by atoms with Crippen LogP contribution in [0.1, 0.15) is 36.5 Å². The largest absolute Gasteiger partial charge is 0.467 e. The van der Waals surface area contributed by atoms with E-state index in [4.69, 9.17) is 16.3 Å². The molecule has 4 rings (SSSR count). The molecular weight excluding hydrogens is 523 g/mol. The highest BCUT2D eigenvalue weighted by Crippen LogP contribution is 2.54. The van der Waals surface area contributed by atoms with E-state index in [1.54, 1.807) is 0 Å². The van der Waals surface area contributed by atoms with Gasteiger partial charge in [-0.05, 0) is 55.2 Å². The van der Waals surface area contributed by atoms with Crippen LogP contribution in [0.25, 0.3) is 0 Å². The number of esters is 1. The summed E-state index contributed by atoms with van der Waals surface area (Å²) in [5.41, 5.74) is -2.31. The number of halogens is 4. The van der Waals surface area contributed by atoms with Crippen molar-refractivity contribution in [1.82, 2.24) is 0 Å². The molecule has 0 spiro atoms. The van der Waals surface area contributed by atoms with Crippen molar-refractivity contribution in [2.24, 2.45) is 17.8 Å². The Balaban J connectivity index is 1.65. The van der Waals surface area contributed by atoms with Crippen LogP contribution in [0.5, 0.6) is 0 Å². The van der Waals surface area contributed by atoms with Crippen molar-refractivity contribution in [2.75, 3.05) is 12.4 Å². The lowest BCUT2D eigenvalue weighted by Crippen LogP contribution is -2.51. The zero-order valence-corrected chi connectivity index (χ0v) is 20.8. The maximum atomic E-state index is 13.8. The molecule has 2 aromatic carbocycles. The molecule has 12 heteroatoms. The van der Waals surface area contributed by atoms with Gasteiger partial charge in [0.2, 0.25) is 0 Å². The van der Waals surface area contributed by atoms with Crippen LogP contribution >= 0.6 is 11.6 Å². The zero-order chi connectivity index (χ0) is 26.6. The number of carbonyl (C=O) groups is 2. The summed E-state index contributed by atoms with van der Waals surface area (Å²) in [5, 5.41) is 12.0. The number of sulfone groups is 1. The highest BCUT2D eigenvalue weighted by molar-refractivity contribution is 7.92. The van der Waals surface area contributed by atoms with E-state index in [0.717, 1.165) is 13.2 Å². The Hall–Kier alpha value is -2.63. The lowest BCUT2D eigenvalue weighted by atomic mass is 9.76. The molecular formula is C24H23ClF3NO6S. The van der Waals surface area contributed by atoms with Crippen LogP contribution in [0.2, 0.25) is 5.02 Å². The zero-order valence-electron chi connectivity index (χ0n) is 19.2. The predicted octanol–water partition coefficient (Wildman–Crippen LogP) is 4.12. The number of fused-ring (bicyclic) bond motifs is 2. The van der Waals surface area contributed by atoms with Crippen LogP contribution in [-0.4, -0.2) is 43.4 Å². The number of benzene rings is 2. The number of ether oxygens (including phenoxy) is 1. The molecule has 5 atom stereocenters. The molecule has 0 saturated heterocycles. The number of methoxy groups -OCH3 is 1. The number of hydrogen-bond donors (Lipinski definition) is 2. The third-order valence-corrected chi connectivity index (χ3v) is 9.97. The SMILES string of the molecule is COC(=O)C1(O)CC2C(S(=O)(=O)c3cc(C(=O)Nc4cc(F)c(F)c(F)c4)ccc3Cl)[C@@H](C[C@H]2C)C1. The van der Waals surface area contributed by atoms with Crippen molar-refractivity contribution in [1.29, 1.82) is 0 Å². The summed E-state index contributed by atoms with van der Waals surface area (Å²) in [6, 6.07) is 4.70. The Kier molecular flexibility index (Phi) is 6.87. The van der Waals surface area contributed by atoms with E-state index >= 15 is 0 Å². The molecule has 1 amide bonds. The first-order valence-corrected chi connectivity index (χ1v) is 13.0. The molecule has 0 heterocycles. The molecule has 2 fully saturated rings. The first-order valence-electron chi connectivity index (χ1n) is 11.1. The number of aliphatic hydroxyl groups is 1. The van der Waals surface area contributed by atoms with Gasteiger partial charge in [0, 0.05) is 23.4 Å². The minimum atomic E-state index is -4.14. The molecule has 2 aliphatic carbocycles. The Morgan fingerprint density at radius 1 is 1.14 bits per heavy atom. The van der Waals surface area contributed by atoms with Crippen molar-refractivity contribution in [2.45, 2.75) is 41.9 Å². The second-order valence-electron chi connectivity index (χ2n) is 9.43. The van der Waals surface area contributed by atoms with Gasteiger partial charge in [-0.1, -0.05) is 18.5 Å². The Bertz CT molecular complexity index is 1330. The van der Waals surface area contributed by atoms with Crippen LogP contribution in [0.3, 0.4) is 0 Å². The first kappa shape index (κ1) is 26.4. The molecule has 2 saturated carbocycles. The maximum Gasteiger partial charge on any atom is 0.337 e. The number of amides is 1. The van der Waals surface area contributed by atoms with Crippen molar-refractivity contribution < 1.29 is 41.0 Å². The summed E-state index contributed by atoms with van der Waals surface area (Å²) in [6.45, 7) is 1.85. The van der Waals surface area contributed by atoms with Crippen molar-refractivity contribution in [3.63, 3.8) is 0 Å². The third-order valence-electron chi connectivity index (χ3n) is 7.13. The summed E-state index contributed by atoms with van der Waals surface area (Å²) >= 11 is 6.23. The van der Waals surface area contributed by atoms with Gasteiger partial charge in [-0.25, -0.2) is 26.4 Å². The minimum Gasteiger partial charge on any atom is -0.467 e. The van der Waals surface area contributed by atoms with E-state index in [9.17, 15) is 36.3 Å². The molecule has 2 N–H and O–H groups in total. The average molecular weight is 546 g/mol. The quantitative estimate of drug-likeness (QED) is 0.432. The van der Waals surface area contributed by atoms with Gasteiger partial charge in [-0.2, -0.15) is 0 Å². The predicted molar refractivity (Wildman–Crippen MR) is 124 cm³/mol. The number of anilines is 1. The topological polar surface area (TPSA) is 110 Å². The lowest BCUT2D eigenvalue weighted by Gasteiger charge is -2.39. The fourth-order valence-corrected chi connectivity index (χ4v) is 8.47. The van der Waals surface area contributed by atoms with Gasteiger partial charge < -0.3 is 15.2 Å². The number of carbonyl (C=O) groups excluding carboxylic acids is 2. The second kappa shape index (κ2) is 9.35. The summed E-state index contributed by atoms with van der Waals surface area (Å²) in [4.78, 5) is 24.6. The molecule has 2 aromatic rings. The van der Waals surface area contributed by atoms with Crippen LogP contribution in [-0.2, 0) is 19.4 Å². The van der Waals surface area contributed by atoms with Crippen molar-refractivity contribution in [3.8, 4) is 0 Å². The van der Waals surface area contributed by atoms with E-state index in [1.165, 1.54) is 12.1 Å². The molecule has 36 heavy (non-hydrogen) atoms. The molecule has 7 nitrogen and oxygen atoms in total. The fourth-order valence-electron chi connectivity index (χ4n) is 5.56. The second-order valence-corrected chi connectivity index (χ2v) is 11.9. The lowest BCUT2D eigenvalue weighted by molar-refractivity contribution is -0.168. The highest BCUT2D eigenvalue weighted by atomic mass is 35.5. The maximum absolute atomic E-state index is 13.8.